The highest BCUT2D eigenvalue weighted by atomic mass is 16.5. The van der Waals surface area contributed by atoms with Crippen molar-refractivity contribution in [2.45, 2.75) is 26.7 Å². The maximum atomic E-state index is 9.31. The molecule has 0 radical (unpaired) electrons. The number of hydrogen-bond acceptors (Lipinski definition) is 5. The van der Waals surface area contributed by atoms with Gasteiger partial charge in [-0.3, -0.25) is 4.68 Å². The van der Waals surface area contributed by atoms with Crippen LogP contribution in [0.15, 0.2) is 12.4 Å². The van der Waals surface area contributed by atoms with Gasteiger partial charge < -0.3 is 4.74 Å². The van der Waals surface area contributed by atoms with Crippen molar-refractivity contribution in [2.24, 2.45) is 7.05 Å². The van der Waals surface area contributed by atoms with Crippen LogP contribution in [0.3, 0.4) is 0 Å². The lowest BCUT2D eigenvalue weighted by molar-refractivity contribution is 0.450. The second kappa shape index (κ2) is 5.48. The summed E-state index contributed by atoms with van der Waals surface area (Å²) in [5, 5.41) is 21.4. The smallest absolute Gasteiger partial charge is 0.257 e. The average molecular weight is 257 g/mol. The molecule has 6 heteroatoms. The Balaban J connectivity index is 2.43. The van der Waals surface area contributed by atoms with Gasteiger partial charge in [0.15, 0.2) is 5.75 Å². The molecule has 0 atom stereocenters. The molecule has 0 saturated carbocycles. The van der Waals surface area contributed by atoms with E-state index in [-0.39, 0.29) is 5.88 Å². The van der Waals surface area contributed by atoms with Crippen molar-refractivity contribution in [2.75, 3.05) is 0 Å². The molecule has 0 saturated heterocycles. The molecule has 0 N–H and O–H groups in total. The van der Waals surface area contributed by atoms with Crippen molar-refractivity contribution in [1.82, 2.24) is 20.0 Å². The molecule has 0 aliphatic heterocycles. The van der Waals surface area contributed by atoms with Gasteiger partial charge in [-0.15, -0.1) is 5.10 Å². The Morgan fingerprint density at radius 1 is 1.32 bits per heavy atom. The Kier molecular flexibility index (Phi) is 3.76. The Bertz CT molecular complexity index is 626. The van der Waals surface area contributed by atoms with Gasteiger partial charge in [-0.05, 0) is 18.4 Å². The summed E-state index contributed by atoms with van der Waals surface area (Å²) in [6.07, 6.45) is 4.76. The van der Waals surface area contributed by atoms with Crippen molar-refractivity contribution in [1.29, 1.82) is 5.26 Å². The minimum atomic E-state index is 0.240. The highest BCUT2D eigenvalue weighted by molar-refractivity contribution is 5.47. The van der Waals surface area contributed by atoms with Crippen LogP contribution in [0.1, 0.15) is 30.7 Å². The fraction of sp³-hybridized carbons (Fsp3) is 0.385. The summed E-state index contributed by atoms with van der Waals surface area (Å²) < 4.78 is 7.20. The molecule has 2 aromatic heterocycles. The van der Waals surface area contributed by atoms with Crippen molar-refractivity contribution in [3.63, 3.8) is 0 Å². The van der Waals surface area contributed by atoms with E-state index in [4.69, 9.17) is 4.74 Å². The van der Waals surface area contributed by atoms with Gasteiger partial charge in [-0.2, -0.15) is 15.5 Å². The summed E-state index contributed by atoms with van der Waals surface area (Å²) in [6, 6.07) is 2.16. The molecule has 19 heavy (non-hydrogen) atoms. The quantitative estimate of drug-likeness (QED) is 0.837. The molecular formula is C13H15N5O. The molecule has 2 heterocycles. The second-order valence-corrected chi connectivity index (χ2v) is 4.08. The van der Waals surface area contributed by atoms with Crippen molar-refractivity contribution in [3.8, 4) is 17.7 Å². The SMILES string of the molecule is CCc1nnc(Oc2cnn(C)c2)c(C#N)c1CC. The minimum absolute atomic E-state index is 0.240. The first-order chi connectivity index (χ1) is 9.19. The molecular weight excluding hydrogens is 242 g/mol. The zero-order valence-corrected chi connectivity index (χ0v) is 11.2. The van der Waals surface area contributed by atoms with E-state index < -0.39 is 0 Å². The van der Waals surface area contributed by atoms with E-state index in [9.17, 15) is 5.26 Å². The number of aromatic nitrogens is 4. The molecule has 0 aromatic carbocycles. The van der Waals surface area contributed by atoms with Gasteiger partial charge in [0, 0.05) is 7.05 Å². The third kappa shape index (κ3) is 2.55. The number of nitrogens with zero attached hydrogens (tertiary/aromatic N) is 5. The Hall–Kier alpha value is -2.42. The summed E-state index contributed by atoms with van der Waals surface area (Å²) in [7, 11) is 1.79. The number of ether oxygens (including phenoxy) is 1. The lowest BCUT2D eigenvalue weighted by atomic mass is 10.0. The van der Waals surface area contributed by atoms with E-state index in [2.05, 4.69) is 21.4 Å². The number of aryl methyl sites for hydroxylation is 2. The number of rotatable bonds is 4. The first kappa shape index (κ1) is 13.0. The van der Waals surface area contributed by atoms with Crippen LogP contribution in [0.5, 0.6) is 11.6 Å². The van der Waals surface area contributed by atoms with E-state index in [1.54, 1.807) is 24.1 Å². The molecule has 0 aliphatic carbocycles. The van der Waals surface area contributed by atoms with Crippen LogP contribution in [0.25, 0.3) is 0 Å². The van der Waals surface area contributed by atoms with Crippen LogP contribution in [0, 0.1) is 11.3 Å². The fourth-order valence-electron chi connectivity index (χ4n) is 1.90. The topological polar surface area (TPSA) is 76.6 Å². The van der Waals surface area contributed by atoms with Crippen molar-refractivity contribution in [3.05, 3.63) is 29.2 Å². The van der Waals surface area contributed by atoms with Gasteiger partial charge in [-0.1, -0.05) is 13.8 Å². The van der Waals surface area contributed by atoms with Crippen LogP contribution in [-0.4, -0.2) is 20.0 Å². The molecule has 6 nitrogen and oxygen atoms in total. The van der Waals surface area contributed by atoms with E-state index in [0.717, 1.165) is 24.1 Å². The molecule has 0 amide bonds. The average Bonchev–Trinajstić information content (AvgIpc) is 2.83. The molecule has 98 valence electrons. The van der Waals surface area contributed by atoms with Crippen LogP contribution in [0.4, 0.5) is 0 Å². The van der Waals surface area contributed by atoms with Gasteiger partial charge in [0.05, 0.1) is 18.1 Å². The summed E-state index contributed by atoms with van der Waals surface area (Å²) in [6.45, 7) is 3.98. The monoisotopic (exact) mass is 257 g/mol. The summed E-state index contributed by atoms with van der Waals surface area (Å²) >= 11 is 0. The molecule has 0 unspecified atom stereocenters. The molecule has 2 rings (SSSR count). The van der Waals surface area contributed by atoms with Crippen LogP contribution >= 0.6 is 0 Å². The van der Waals surface area contributed by atoms with Crippen molar-refractivity contribution >= 4 is 0 Å². The van der Waals surface area contributed by atoms with Crippen LogP contribution in [-0.2, 0) is 19.9 Å². The fourth-order valence-corrected chi connectivity index (χ4v) is 1.90. The number of hydrogen-bond donors (Lipinski definition) is 0. The zero-order chi connectivity index (χ0) is 13.8. The maximum Gasteiger partial charge on any atom is 0.257 e. The first-order valence-electron chi connectivity index (χ1n) is 6.14. The van der Waals surface area contributed by atoms with Crippen LogP contribution < -0.4 is 4.74 Å². The highest BCUT2D eigenvalue weighted by Gasteiger charge is 2.16. The zero-order valence-electron chi connectivity index (χ0n) is 11.2. The van der Waals surface area contributed by atoms with E-state index >= 15 is 0 Å². The Labute approximate surface area is 111 Å². The van der Waals surface area contributed by atoms with Gasteiger partial charge in [0.2, 0.25) is 0 Å². The first-order valence-corrected chi connectivity index (χ1v) is 6.14. The molecule has 0 bridgehead atoms. The normalized spacial score (nSPS) is 10.2. The van der Waals surface area contributed by atoms with Gasteiger partial charge in [0.25, 0.3) is 5.88 Å². The van der Waals surface area contributed by atoms with Crippen molar-refractivity contribution < 1.29 is 4.74 Å². The van der Waals surface area contributed by atoms with E-state index in [1.165, 1.54) is 0 Å². The molecule has 0 aliphatic rings. The van der Waals surface area contributed by atoms with Gasteiger partial charge in [-0.25, -0.2) is 0 Å². The maximum absolute atomic E-state index is 9.31. The molecule has 2 aromatic rings. The summed E-state index contributed by atoms with van der Waals surface area (Å²) in [5.41, 5.74) is 2.20. The number of nitriles is 1. The third-order valence-corrected chi connectivity index (χ3v) is 2.82. The third-order valence-electron chi connectivity index (χ3n) is 2.82. The molecule has 0 fully saturated rings. The standard InChI is InChI=1S/C13H15N5O/c1-4-10-11(6-14)13(17-16-12(10)5-2)19-9-7-15-18(3)8-9/h7-8H,4-5H2,1-3H3. The summed E-state index contributed by atoms with van der Waals surface area (Å²) in [4.78, 5) is 0. The largest absolute Gasteiger partial charge is 0.433 e. The predicted octanol–water partition coefficient (Wildman–Crippen LogP) is 2.00. The van der Waals surface area contributed by atoms with Gasteiger partial charge >= 0.3 is 0 Å². The Morgan fingerprint density at radius 2 is 2.11 bits per heavy atom. The Morgan fingerprint density at radius 3 is 2.63 bits per heavy atom. The summed E-state index contributed by atoms with van der Waals surface area (Å²) in [5.74, 6) is 0.782. The van der Waals surface area contributed by atoms with Gasteiger partial charge in [0.1, 0.15) is 11.6 Å². The van der Waals surface area contributed by atoms with Crippen LogP contribution in [0.2, 0.25) is 0 Å². The lowest BCUT2D eigenvalue weighted by Gasteiger charge is -2.09. The highest BCUT2D eigenvalue weighted by Crippen LogP contribution is 2.26. The molecule has 0 spiro atoms. The van der Waals surface area contributed by atoms with E-state index in [1.807, 2.05) is 13.8 Å². The minimum Gasteiger partial charge on any atom is -0.433 e. The lowest BCUT2D eigenvalue weighted by Crippen LogP contribution is -2.05. The van der Waals surface area contributed by atoms with E-state index in [0.29, 0.717) is 11.3 Å². The predicted molar refractivity (Wildman–Crippen MR) is 68.8 cm³/mol. The second-order valence-electron chi connectivity index (χ2n) is 4.08.